The molecule has 2 N–H and O–H groups in total. The number of hydrogen-bond acceptors (Lipinski definition) is 5. The molecule has 1 aromatic rings. The Balaban J connectivity index is 1.39. The highest BCUT2D eigenvalue weighted by Crippen LogP contribution is 2.52. The van der Waals surface area contributed by atoms with Gasteiger partial charge in [0.15, 0.2) is 5.82 Å². The highest BCUT2D eigenvalue weighted by atomic mass is 16.5. The van der Waals surface area contributed by atoms with Gasteiger partial charge < -0.3 is 15.2 Å². The molecule has 21 heavy (non-hydrogen) atoms. The van der Waals surface area contributed by atoms with E-state index in [4.69, 9.17) is 10.3 Å². The molecule has 1 aliphatic heterocycles. The minimum absolute atomic E-state index is 0.112. The molecule has 0 aromatic carbocycles. The molecular formula is C16H26N4O. The van der Waals surface area contributed by atoms with E-state index >= 15 is 0 Å². The van der Waals surface area contributed by atoms with Crippen LogP contribution in [0.4, 0.5) is 0 Å². The van der Waals surface area contributed by atoms with E-state index in [0.29, 0.717) is 11.7 Å². The molecule has 2 heterocycles. The number of fused-ring (bicyclic) bond motifs is 2. The summed E-state index contributed by atoms with van der Waals surface area (Å²) in [4.78, 5) is 7.08. The Morgan fingerprint density at radius 1 is 1.19 bits per heavy atom. The summed E-state index contributed by atoms with van der Waals surface area (Å²) in [5.74, 6) is 3.75. The molecule has 3 aliphatic rings. The van der Waals surface area contributed by atoms with Crippen molar-refractivity contribution in [3.8, 4) is 0 Å². The lowest BCUT2D eigenvalue weighted by Crippen LogP contribution is -2.36. The molecule has 5 heteroatoms. The fraction of sp³-hybridized carbons (Fsp3) is 0.875. The monoisotopic (exact) mass is 290 g/mol. The lowest BCUT2D eigenvalue weighted by molar-refractivity contribution is 0.213. The molecule has 116 valence electrons. The molecule has 0 radical (unpaired) electrons. The molecular weight excluding hydrogens is 264 g/mol. The van der Waals surface area contributed by atoms with Crippen molar-refractivity contribution >= 4 is 0 Å². The van der Waals surface area contributed by atoms with E-state index in [1.54, 1.807) is 0 Å². The SMILES string of the molecule is NC(CN1CCCCC1)c1noc(C2CC3CCC2C3)n1. The van der Waals surface area contributed by atoms with Crippen LogP contribution in [0.15, 0.2) is 4.52 Å². The van der Waals surface area contributed by atoms with E-state index < -0.39 is 0 Å². The lowest BCUT2D eigenvalue weighted by Gasteiger charge is -2.27. The van der Waals surface area contributed by atoms with Gasteiger partial charge in [0.25, 0.3) is 0 Å². The van der Waals surface area contributed by atoms with E-state index in [0.717, 1.165) is 37.4 Å². The average Bonchev–Trinajstić information content (AvgIpc) is 3.24. The van der Waals surface area contributed by atoms with Gasteiger partial charge in [-0.3, -0.25) is 0 Å². The molecule has 0 amide bonds. The van der Waals surface area contributed by atoms with Gasteiger partial charge in [-0.1, -0.05) is 18.0 Å². The summed E-state index contributed by atoms with van der Waals surface area (Å²) in [5.41, 5.74) is 6.29. The number of hydrogen-bond donors (Lipinski definition) is 1. The fourth-order valence-corrected chi connectivity index (χ4v) is 4.60. The first-order chi connectivity index (χ1) is 10.3. The molecule has 2 bridgehead atoms. The van der Waals surface area contributed by atoms with Crippen LogP contribution < -0.4 is 5.73 Å². The van der Waals surface area contributed by atoms with Crippen LogP contribution in [0, 0.1) is 11.8 Å². The summed E-state index contributed by atoms with van der Waals surface area (Å²) in [7, 11) is 0. The Hall–Kier alpha value is -0.940. The number of nitrogens with zero attached hydrogens (tertiary/aromatic N) is 3. The first-order valence-electron chi connectivity index (χ1n) is 8.61. The highest BCUT2D eigenvalue weighted by molar-refractivity contribution is 5.06. The second-order valence-electron chi connectivity index (χ2n) is 7.24. The van der Waals surface area contributed by atoms with Gasteiger partial charge in [-0.15, -0.1) is 0 Å². The topological polar surface area (TPSA) is 68.2 Å². The molecule has 5 nitrogen and oxygen atoms in total. The number of nitrogens with two attached hydrogens (primary N) is 1. The van der Waals surface area contributed by atoms with Crippen molar-refractivity contribution in [2.75, 3.05) is 19.6 Å². The summed E-state index contributed by atoms with van der Waals surface area (Å²) in [6, 6.07) is -0.112. The zero-order valence-corrected chi connectivity index (χ0v) is 12.7. The Morgan fingerprint density at radius 2 is 2.05 bits per heavy atom. The summed E-state index contributed by atoms with van der Waals surface area (Å²) in [5, 5.41) is 4.17. The van der Waals surface area contributed by atoms with Crippen molar-refractivity contribution in [2.45, 2.75) is 56.9 Å². The molecule has 4 rings (SSSR count). The summed E-state index contributed by atoms with van der Waals surface area (Å²) >= 11 is 0. The third-order valence-corrected chi connectivity index (χ3v) is 5.75. The molecule has 2 aliphatic carbocycles. The molecule has 2 saturated carbocycles. The summed E-state index contributed by atoms with van der Waals surface area (Å²) < 4.78 is 5.55. The molecule has 3 fully saturated rings. The minimum atomic E-state index is -0.112. The third-order valence-electron chi connectivity index (χ3n) is 5.75. The van der Waals surface area contributed by atoms with Gasteiger partial charge >= 0.3 is 0 Å². The van der Waals surface area contributed by atoms with Gasteiger partial charge in [0.2, 0.25) is 5.89 Å². The Bertz CT molecular complexity index is 482. The van der Waals surface area contributed by atoms with E-state index in [9.17, 15) is 0 Å². The van der Waals surface area contributed by atoms with Crippen molar-refractivity contribution in [3.05, 3.63) is 11.7 Å². The van der Waals surface area contributed by atoms with E-state index in [1.165, 1.54) is 44.9 Å². The van der Waals surface area contributed by atoms with Crippen LogP contribution in [0.1, 0.15) is 68.6 Å². The second-order valence-corrected chi connectivity index (χ2v) is 7.24. The van der Waals surface area contributed by atoms with Gasteiger partial charge in [0.05, 0.1) is 6.04 Å². The Kier molecular flexibility index (Phi) is 3.71. The van der Waals surface area contributed by atoms with Gasteiger partial charge in [0.1, 0.15) is 0 Å². The lowest BCUT2D eigenvalue weighted by atomic mass is 9.89. The minimum Gasteiger partial charge on any atom is -0.339 e. The van der Waals surface area contributed by atoms with E-state index in [1.807, 2.05) is 0 Å². The molecule has 4 atom stereocenters. The third kappa shape index (κ3) is 2.73. The van der Waals surface area contributed by atoms with Crippen LogP contribution in [0.3, 0.4) is 0 Å². The zero-order valence-electron chi connectivity index (χ0n) is 12.7. The van der Waals surface area contributed by atoms with Gasteiger partial charge in [-0.25, -0.2) is 0 Å². The molecule has 0 spiro atoms. The van der Waals surface area contributed by atoms with Crippen molar-refractivity contribution in [2.24, 2.45) is 17.6 Å². The highest BCUT2D eigenvalue weighted by Gasteiger charge is 2.43. The molecule has 1 saturated heterocycles. The molecule has 1 aromatic heterocycles. The van der Waals surface area contributed by atoms with Crippen LogP contribution in [0.2, 0.25) is 0 Å². The van der Waals surface area contributed by atoms with E-state index in [2.05, 4.69) is 15.0 Å². The van der Waals surface area contributed by atoms with E-state index in [-0.39, 0.29) is 6.04 Å². The van der Waals surface area contributed by atoms with Crippen molar-refractivity contribution in [1.29, 1.82) is 0 Å². The largest absolute Gasteiger partial charge is 0.339 e. The van der Waals surface area contributed by atoms with Gasteiger partial charge in [-0.05, 0) is 57.0 Å². The Labute approximate surface area is 126 Å². The first-order valence-corrected chi connectivity index (χ1v) is 8.61. The number of aromatic nitrogens is 2. The summed E-state index contributed by atoms with van der Waals surface area (Å²) in [6.45, 7) is 3.17. The fourth-order valence-electron chi connectivity index (χ4n) is 4.60. The number of piperidine rings is 1. The van der Waals surface area contributed by atoms with Crippen LogP contribution in [-0.2, 0) is 0 Å². The predicted molar refractivity (Wildman–Crippen MR) is 79.7 cm³/mol. The molecule has 4 unspecified atom stereocenters. The van der Waals surface area contributed by atoms with Crippen molar-refractivity contribution in [3.63, 3.8) is 0 Å². The van der Waals surface area contributed by atoms with Crippen molar-refractivity contribution < 1.29 is 4.52 Å². The maximum Gasteiger partial charge on any atom is 0.230 e. The maximum absolute atomic E-state index is 6.29. The quantitative estimate of drug-likeness (QED) is 0.922. The first kappa shape index (κ1) is 13.7. The van der Waals surface area contributed by atoms with Crippen LogP contribution in [-0.4, -0.2) is 34.7 Å². The maximum atomic E-state index is 6.29. The number of likely N-dealkylation sites (tertiary alicyclic amines) is 1. The normalized spacial score (nSPS) is 34.4. The number of rotatable bonds is 4. The zero-order chi connectivity index (χ0) is 14.2. The van der Waals surface area contributed by atoms with Crippen molar-refractivity contribution in [1.82, 2.24) is 15.0 Å². The van der Waals surface area contributed by atoms with Gasteiger partial charge in [0, 0.05) is 12.5 Å². The smallest absolute Gasteiger partial charge is 0.230 e. The van der Waals surface area contributed by atoms with Crippen LogP contribution in [0.25, 0.3) is 0 Å². The van der Waals surface area contributed by atoms with Crippen LogP contribution in [0.5, 0.6) is 0 Å². The average molecular weight is 290 g/mol. The van der Waals surface area contributed by atoms with Crippen LogP contribution >= 0.6 is 0 Å². The summed E-state index contributed by atoms with van der Waals surface area (Å²) in [6.07, 6.45) is 9.27. The van der Waals surface area contributed by atoms with Gasteiger partial charge in [-0.2, -0.15) is 4.98 Å². The second kappa shape index (κ2) is 5.69. The Morgan fingerprint density at radius 3 is 2.76 bits per heavy atom. The standard InChI is InChI=1S/C16H26N4O/c17-14(10-20-6-2-1-3-7-20)15-18-16(21-19-15)13-9-11-4-5-12(13)8-11/h11-14H,1-10,17H2. The predicted octanol–water partition coefficient (Wildman–Crippen LogP) is 2.46.